The Morgan fingerprint density at radius 3 is 2.57 bits per heavy atom. The van der Waals surface area contributed by atoms with Crippen molar-refractivity contribution in [2.45, 2.75) is 18.9 Å². The van der Waals surface area contributed by atoms with Crippen LogP contribution in [0.4, 0.5) is 0 Å². The summed E-state index contributed by atoms with van der Waals surface area (Å²) in [5, 5.41) is 18.1. The normalized spacial score (nSPS) is 12.2. The van der Waals surface area contributed by atoms with Gasteiger partial charge in [0.1, 0.15) is 11.5 Å². The van der Waals surface area contributed by atoms with Crippen molar-refractivity contribution in [1.82, 2.24) is 4.90 Å². The second kappa shape index (κ2) is 8.49. The number of aliphatic hydroxyl groups is 1. The van der Waals surface area contributed by atoms with Crippen LogP contribution in [0.15, 0.2) is 18.2 Å². The number of likely N-dealkylation sites (N-methyl/N-ethyl adjacent to an activating group) is 1. The van der Waals surface area contributed by atoms with Crippen molar-refractivity contribution in [2.75, 3.05) is 34.4 Å². The Bertz CT molecular complexity index is 463. The quantitative estimate of drug-likeness (QED) is 0.708. The summed E-state index contributed by atoms with van der Waals surface area (Å²) in [7, 11) is 4.96. The number of aliphatic carboxylic acids is 1. The van der Waals surface area contributed by atoms with E-state index in [-0.39, 0.29) is 19.1 Å². The molecule has 0 saturated heterocycles. The van der Waals surface area contributed by atoms with Crippen LogP contribution in [-0.4, -0.2) is 61.5 Å². The van der Waals surface area contributed by atoms with Crippen LogP contribution in [0.1, 0.15) is 12.0 Å². The Morgan fingerprint density at radius 2 is 2.05 bits per heavy atom. The number of rotatable bonds is 9. The molecule has 1 unspecified atom stereocenters. The molecule has 6 nitrogen and oxygen atoms in total. The lowest BCUT2D eigenvalue weighted by Crippen LogP contribution is -2.37. The summed E-state index contributed by atoms with van der Waals surface area (Å²) < 4.78 is 10.5. The standard InChI is InChI=1S/C15H23NO5/c1-16(6-7-17)12(10-15(18)19)8-11-9-13(20-2)4-5-14(11)21-3/h4-5,9,12,17H,6-8,10H2,1-3H3,(H,18,19). The van der Waals surface area contributed by atoms with Gasteiger partial charge in [0.15, 0.2) is 0 Å². The molecule has 21 heavy (non-hydrogen) atoms. The number of hydrogen-bond donors (Lipinski definition) is 2. The molecule has 0 amide bonds. The maximum absolute atomic E-state index is 11.0. The van der Waals surface area contributed by atoms with Gasteiger partial charge in [-0.05, 0) is 37.2 Å². The lowest BCUT2D eigenvalue weighted by Gasteiger charge is -2.27. The second-order valence-electron chi connectivity index (χ2n) is 4.84. The highest BCUT2D eigenvalue weighted by atomic mass is 16.5. The summed E-state index contributed by atoms with van der Waals surface area (Å²) in [4.78, 5) is 12.9. The first kappa shape index (κ1) is 17.3. The summed E-state index contributed by atoms with van der Waals surface area (Å²) in [6.07, 6.45) is 0.500. The van der Waals surface area contributed by atoms with Gasteiger partial charge in [-0.1, -0.05) is 0 Å². The van der Waals surface area contributed by atoms with Crippen molar-refractivity contribution in [3.63, 3.8) is 0 Å². The van der Waals surface area contributed by atoms with Gasteiger partial charge in [-0.3, -0.25) is 4.79 Å². The first-order chi connectivity index (χ1) is 10.0. The largest absolute Gasteiger partial charge is 0.497 e. The average molecular weight is 297 g/mol. The molecule has 0 aliphatic heterocycles. The Hall–Kier alpha value is -1.79. The predicted molar refractivity (Wildman–Crippen MR) is 79.0 cm³/mol. The lowest BCUT2D eigenvalue weighted by atomic mass is 10.0. The summed E-state index contributed by atoms with van der Waals surface area (Å²) in [6.45, 7) is 0.409. The van der Waals surface area contributed by atoms with Crippen LogP contribution in [0.2, 0.25) is 0 Å². The lowest BCUT2D eigenvalue weighted by molar-refractivity contribution is -0.138. The molecule has 0 aliphatic rings. The molecule has 1 rings (SSSR count). The van der Waals surface area contributed by atoms with Crippen molar-refractivity contribution >= 4 is 5.97 Å². The molecule has 0 heterocycles. The Kier molecular flexibility index (Phi) is 6.98. The molecule has 118 valence electrons. The summed E-state index contributed by atoms with van der Waals surface area (Å²) in [5.74, 6) is 0.528. The van der Waals surface area contributed by atoms with E-state index in [0.717, 1.165) is 5.56 Å². The fraction of sp³-hybridized carbons (Fsp3) is 0.533. The number of hydrogen-bond acceptors (Lipinski definition) is 5. The van der Waals surface area contributed by atoms with E-state index >= 15 is 0 Å². The molecule has 0 aromatic heterocycles. The fourth-order valence-corrected chi connectivity index (χ4v) is 2.22. The number of carboxylic acid groups (broad SMARTS) is 1. The number of aliphatic hydroxyl groups excluding tert-OH is 1. The monoisotopic (exact) mass is 297 g/mol. The van der Waals surface area contributed by atoms with Gasteiger partial charge in [-0.25, -0.2) is 0 Å². The summed E-state index contributed by atoms with van der Waals surface area (Å²) in [6, 6.07) is 5.22. The van der Waals surface area contributed by atoms with Crippen molar-refractivity contribution < 1.29 is 24.5 Å². The molecule has 0 bridgehead atoms. The first-order valence-corrected chi connectivity index (χ1v) is 6.75. The minimum absolute atomic E-state index is 0.00311. The zero-order chi connectivity index (χ0) is 15.8. The molecule has 1 atom stereocenters. The van der Waals surface area contributed by atoms with E-state index in [1.807, 2.05) is 11.0 Å². The second-order valence-corrected chi connectivity index (χ2v) is 4.84. The number of ether oxygens (including phenoxy) is 2. The number of carbonyl (C=O) groups is 1. The smallest absolute Gasteiger partial charge is 0.304 e. The molecule has 1 aromatic carbocycles. The molecule has 1 aromatic rings. The van der Waals surface area contributed by atoms with E-state index in [9.17, 15) is 4.79 Å². The molecule has 0 saturated carbocycles. The minimum atomic E-state index is -0.869. The van der Waals surface area contributed by atoms with E-state index in [4.69, 9.17) is 19.7 Å². The van der Waals surface area contributed by atoms with Gasteiger partial charge < -0.3 is 24.6 Å². The van der Waals surface area contributed by atoms with Gasteiger partial charge >= 0.3 is 5.97 Å². The molecule has 0 fully saturated rings. The maximum atomic E-state index is 11.0. The Balaban J connectivity index is 2.97. The molecule has 0 spiro atoms. The molecule has 2 N–H and O–H groups in total. The van der Waals surface area contributed by atoms with E-state index in [1.165, 1.54) is 0 Å². The van der Waals surface area contributed by atoms with Crippen LogP contribution in [-0.2, 0) is 11.2 Å². The van der Waals surface area contributed by atoms with Crippen molar-refractivity contribution in [3.8, 4) is 11.5 Å². The third kappa shape index (κ3) is 5.24. The SMILES string of the molecule is COc1ccc(OC)c(CC(CC(=O)O)N(C)CCO)c1. The average Bonchev–Trinajstić information content (AvgIpc) is 2.46. The highest BCUT2D eigenvalue weighted by Crippen LogP contribution is 2.26. The molecule has 0 aliphatic carbocycles. The highest BCUT2D eigenvalue weighted by Gasteiger charge is 2.20. The van der Waals surface area contributed by atoms with Gasteiger partial charge in [0.2, 0.25) is 0 Å². The van der Waals surface area contributed by atoms with Gasteiger partial charge in [0.25, 0.3) is 0 Å². The molecule has 6 heteroatoms. The van der Waals surface area contributed by atoms with Crippen molar-refractivity contribution in [1.29, 1.82) is 0 Å². The molecular weight excluding hydrogens is 274 g/mol. The minimum Gasteiger partial charge on any atom is -0.497 e. The summed E-state index contributed by atoms with van der Waals surface area (Å²) in [5.41, 5.74) is 0.882. The van der Waals surface area contributed by atoms with Crippen LogP contribution in [0.25, 0.3) is 0 Å². The van der Waals surface area contributed by atoms with Crippen molar-refractivity contribution in [2.24, 2.45) is 0 Å². The van der Waals surface area contributed by atoms with E-state index in [2.05, 4.69) is 0 Å². The third-order valence-electron chi connectivity index (χ3n) is 3.43. The van der Waals surface area contributed by atoms with Gasteiger partial charge in [0.05, 0.1) is 27.2 Å². The van der Waals surface area contributed by atoms with Crippen LogP contribution >= 0.6 is 0 Å². The number of methoxy groups -OCH3 is 2. The number of benzene rings is 1. The number of nitrogens with zero attached hydrogens (tertiary/aromatic N) is 1. The van der Waals surface area contributed by atoms with Gasteiger partial charge in [0, 0.05) is 12.6 Å². The molecule has 0 radical (unpaired) electrons. The van der Waals surface area contributed by atoms with Crippen LogP contribution in [0.5, 0.6) is 11.5 Å². The van der Waals surface area contributed by atoms with E-state index in [0.29, 0.717) is 24.5 Å². The van der Waals surface area contributed by atoms with Gasteiger partial charge in [-0.15, -0.1) is 0 Å². The highest BCUT2D eigenvalue weighted by molar-refractivity contribution is 5.67. The maximum Gasteiger partial charge on any atom is 0.304 e. The van der Waals surface area contributed by atoms with Crippen molar-refractivity contribution in [3.05, 3.63) is 23.8 Å². The number of carboxylic acids is 1. The fourth-order valence-electron chi connectivity index (χ4n) is 2.22. The van der Waals surface area contributed by atoms with E-state index in [1.54, 1.807) is 33.4 Å². The predicted octanol–water partition coefficient (Wildman–Crippen LogP) is 1.01. The zero-order valence-corrected chi connectivity index (χ0v) is 12.7. The third-order valence-corrected chi connectivity index (χ3v) is 3.43. The zero-order valence-electron chi connectivity index (χ0n) is 12.7. The topological polar surface area (TPSA) is 79.2 Å². The van der Waals surface area contributed by atoms with Crippen LogP contribution < -0.4 is 9.47 Å². The van der Waals surface area contributed by atoms with Crippen LogP contribution in [0.3, 0.4) is 0 Å². The molecular formula is C15H23NO5. The van der Waals surface area contributed by atoms with Crippen LogP contribution in [0, 0.1) is 0 Å². The Labute approximate surface area is 124 Å². The first-order valence-electron chi connectivity index (χ1n) is 6.75. The Morgan fingerprint density at radius 1 is 1.33 bits per heavy atom. The summed E-state index contributed by atoms with van der Waals surface area (Å²) >= 11 is 0. The van der Waals surface area contributed by atoms with E-state index < -0.39 is 5.97 Å². The van der Waals surface area contributed by atoms with Gasteiger partial charge in [-0.2, -0.15) is 0 Å².